The molecule has 0 aliphatic rings. The first-order valence-corrected chi connectivity index (χ1v) is 10.3. The summed E-state index contributed by atoms with van der Waals surface area (Å²) in [5.74, 6) is 0.659. The molecule has 7 heteroatoms. The molecule has 0 bridgehead atoms. The number of aliphatic imine (C=N–C) groups is 1. The number of guanidine groups is 1. The average molecular weight is 366 g/mol. The Balaban J connectivity index is 1.91. The summed E-state index contributed by atoms with van der Waals surface area (Å²) in [6.45, 7) is 5.66. The van der Waals surface area contributed by atoms with Crippen LogP contribution in [0.5, 0.6) is 0 Å². The molecule has 1 heterocycles. The maximum atomic E-state index is 12.3. The minimum Gasteiger partial charge on any atom is -0.357 e. The van der Waals surface area contributed by atoms with Gasteiger partial charge in [-0.15, -0.1) is 11.3 Å². The predicted molar refractivity (Wildman–Crippen MR) is 100 cm³/mol. The smallest absolute Gasteiger partial charge is 0.191 e. The SMILES string of the molecule is CCNC(=NCc1ccc(C)s1)NCCS(=O)(=O)c1ccccc1. The molecule has 0 saturated heterocycles. The van der Waals surface area contributed by atoms with Crippen LogP contribution in [0.15, 0.2) is 52.4 Å². The molecule has 1 aromatic carbocycles. The van der Waals surface area contributed by atoms with Crippen LogP contribution < -0.4 is 10.6 Å². The first-order valence-electron chi connectivity index (χ1n) is 7.86. The zero-order chi connectivity index (χ0) is 17.4. The molecule has 130 valence electrons. The summed E-state index contributed by atoms with van der Waals surface area (Å²) in [7, 11) is -3.28. The van der Waals surface area contributed by atoms with Gasteiger partial charge in [-0.2, -0.15) is 0 Å². The van der Waals surface area contributed by atoms with E-state index >= 15 is 0 Å². The Kier molecular flexibility index (Phi) is 6.81. The number of nitrogens with one attached hydrogen (secondary N) is 2. The molecule has 0 unspecified atom stereocenters. The lowest BCUT2D eigenvalue weighted by molar-refractivity contribution is 0.594. The highest BCUT2D eigenvalue weighted by Crippen LogP contribution is 2.15. The molecular weight excluding hydrogens is 342 g/mol. The van der Waals surface area contributed by atoms with E-state index in [4.69, 9.17) is 0 Å². The van der Waals surface area contributed by atoms with Crippen molar-refractivity contribution in [2.75, 3.05) is 18.8 Å². The molecule has 24 heavy (non-hydrogen) atoms. The molecule has 1 aromatic heterocycles. The van der Waals surface area contributed by atoms with Gasteiger partial charge >= 0.3 is 0 Å². The second kappa shape index (κ2) is 8.84. The first kappa shape index (κ1) is 18.5. The van der Waals surface area contributed by atoms with Crippen LogP contribution in [0.4, 0.5) is 0 Å². The van der Waals surface area contributed by atoms with Crippen molar-refractivity contribution in [3.8, 4) is 0 Å². The molecule has 2 N–H and O–H groups in total. The number of aryl methyl sites for hydroxylation is 1. The number of hydrogen-bond donors (Lipinski definition) is 2. The highest BCUT2D eigenvalue weighted by atomic mass is 32.2. The van der Waals surface area contributed by atoms with Crippen molar-refractivity contribution in [3.05, 3.63) is 52.2 Å². The normalized spacial score (nSPS) is 12.2. The van der Waals surface area contributed by atoms with Gasteiger partial charge in [-0.25, -0.2) is 13.4 Å². The Morgan fingerprint density at radius 1 is 1.12 bits per heavy atom. The molecule has 0 spiro atoms. The van der Waals surface area contributed by atoms with E-state index in [0.29, 0.717) is 23.9 Å². The zero-order valence-corrected chi connectivity index (χ0v) is 15.6. The number of benzene rings is 1. The topological polar surface area (TPSA) is 70.6 Å². The highest BCUT2D eigenvalue weighted by Gasteiger charge is 2.13. The summed E-state index contributed by atoms with van der Waals surface area (Å²) in [6.07, 6.45) is 0. The second-order valence-corrected chi connectivity index (χ2v) is 8.75. The van der Waals surface area contributed by atoms with Gasteiger partial charge in [0.2, 0.25) is 0 Å². The van der Waals surface area contributed by atoms with Gasteiger partial charge < -0.3 is 10.6 Å². The Morgan fingerprint density at radius 3 is 2.50 bits per heavy atom. The van der Waals surface area contributed by atoms with Crippen LogP contribution in [-0.4, -0.2) is 33.2 Å². The third kappa shape index (κ3) is 5.65. The van der Waals surface area contributed by atoms with E-state index in [1.54, 1.807) is 41.7 Å². The van der Waals surface area contributed by atoms with E-state index < -0.39 is 9.84 Å². The van der Waals surface area contributed by atoms with Crippen LogP contribution in [0.1, 0.15) is 16.7 Å². The summed E-state index contributed by atoms with van der Waals surface area (Å²) in [5.41, 5.74) is 0. The highest BCUT2D eigenvalue weighted by molar-refractivity contribution is 7.91. The summed E-state index contributed by atoms with van der Waals surface area (Å²) < 4.78 is 24.5. The Morgan fingerprint density at radius 2 is 1.88 bits per heavy atom. The minimum atomic E-state index is -3.28. The minimum absolute atomic E-state index is 0.0273. The van der Waals surface area contributed by atoms with Gasteiger partial charge in [0.15, 0.2) is 15.8 Å². The molecule has 0 saturated carbocycles. The number of thiophene rings is 1. The van der Waals surface area contributed by atoms with Crippen molar-refractivity contribution in [3.63, 3.8) is 0 Å². The third-order valence-corrected chi connectivity index (χ3v) is 6.02. The van der Waals surface area contributed by atoms with Gasteiger partial charge in [0.1, 0.15) is 0 Å². The van der Waals surface area contributed by atoms with Crippen LogP contribution in [0.3, 0.4) is 0 Å². The summed E-state index contributed by atoms with van der Waals surface area (Å²) in [4.78, 5) is 7.29. The van der Waals surface area contributed by atoms with Crippen LogP contribution in [-0.2, 0) is 16.4 Å². The van der Waals surface area contributed by atoms with Gasteiger partial charge in [-0.1, -0.05) is 18.2 Å². The monoisotopic (exact) mass is 365 g/mol. The Labute approximate surface area is 147 Å². The van der Waals surface area contributed by atoms with E-state index in [1.165, 1.54) is 9.75 Å². The Hall–Kier alpha value is -1.86. The molecule has 0 aliphatic carbocycles. The van der Waals surface area contributed by atoms with E-state index in [9.17, 15) is 8.42 Å². The van der Waals surface area contributed by atoms with Crippen LogP contribution in [0.25, 0.3) is 0 Å². The maximum absolute atomic E-state index is 12.3. The summed E-state index contributed by atoms with van der Waals surface area (Å²) in [5, 5.41) is 6.22. The predicted octanol–water partition coefficient (Wildman–Crippen LogP) is 2.59. The zero-order valence-electron chi connectivity index (χ0n) is 14.0. The fraction of sp³-hybridized carbons (Fsp3) is 0.353. The number of hydrogen-bond acceptors (Lipinski definition) is 4. The van der Waals surface area contributed by atoms with Crippen molar-refractivity contribution >= 4 is 27.1 Å². The molecule has 0 radical (unpaired) electrons. The third-order valence-electron chi connectivity index (χ3n) is 3.30. The van der Waals surface area contributed by atoms with E-state index in [1.807, 2.05) is 6.92 Å². The van der Waals surface area contributed by atoms with Crippen molar-refractivity contribution in [1.29, 1.82) is 0 Å². The first-order chi connectivity index (χ1) is 11.5. The molecule has 2 aromatic rings. The molecular formula is C17H23N3O2S2. The van der Waals surface area contributed by atoms with Gasteiger partial charge in [-0.05, 0) is 38.1 Å². The standard InChI is InChI=1S/C17H23N3O2S2/c1-3-18-17(20-13-15-10-9-14(2)23-15)19-11-12-24(21,22)16-7-5-4-6-8-16/h4-10H,3,11-13H2,1-2H3,(H2,18,19,20). The summed E-state index contributed by atoms with van der Waals surface area (Å²) in [6, 6.07) is 12.6. The van der Waals surface area contributed by atoms with E-state index in [-0.39, 0.29) is 5.75 Å². The van der Waals surface area contributed by atoms with Crippen LogP contribution >= 0.6 is 11.3 Å². The molecule has 2 rings (SSSR count). The number of sulfone groups is 1. The van der Waals surface area contributed by atoms with Gasteiger partial charge in [-0.3, -0.25) is 0 Å². The lowest BCUT2D eigenvalue weighted by Gasteiger charge is -2.11. The molecule has 0 aliphatic heterocycles. The fourth-order valence-electron chi connectivity index (χ4n) is 2.12. The molecule has 0 fully saturated rings. The Bertz CT molecular complexity index is 768. The van der Waals surface area contributed by atoms with Gasteiger partial charge in [0.05, 0.1) is 17.2 Å². The maximum Gasteiger partial charge on any atom is 0.191 e. The van der Waals surface area contributed by atoms with Crippen molar-refractivity contribution in [2.24, 2.45) is 4.99 Å². The lowest BCUT2D eigenvalue weighted by Crippen LogP contribution is -2.39. The molecule has 0 amide bonds. The average Bonchev–Trinajstić information content (AvgIpc) is 2.99. The van der Waals surface area contributed by atoms with Crippen LogP contribution in [0, 0.1) is 6.92 Å². The quantitative estimate of drug-likeness (QED) is 0.584. The van der Waals surface area contributed by atoms with E-state index in [0.717, 1.165) is 6.54 Å². The molecule has 5 nitrogen and oxygen atoms in total. The second-order valence-electron chi connectivity index (χ2n) is 5.27. The van der Waals surface area contributed by atoms with Gasteiger partial charge in [0, 0.05) is 22.8 Å². The van der Waals surface area contributed by atoms with Crippen molar-refractivity contribution in [2.45, 2.75) is 25.3 Å². The largest absolute Gasteiger partial charge is 0.357 e. The van der Waals surface area contributed by atoms with Crippen molar-refractivity contribution in [1.82, 2.24) is 10.6 Å². The molecule has 0 atom stereocenters. The number of nitrogens with zero attached hydrogens (tertiary/aromatic N) is 1. The van der Waals surface area contributed by atoms with Crippen LogP contribution in [0.2, 0.25) is 0 Å². The lowest BCUT2D eigenvalue weighted by atomic mass is 10.4. The number of rotatable bonds is 7. The summed E-state index contributed by atoms with van der Waals surface area (Å²) >= 11 is 1.71. The van der Waals surface area contributed by atoms with Gasteiger partial charge in [0.25, 0.3) is 0 Å². The van der Waals surface area contributed by atoms with Crippen molar-refractivity contribution < 1.29 is 8.42 Å². The van der Waals surface area contributed by atoms with E-state index in [2.05, 4.69) is 34.7 Å². The fourth-order valence-corrected chi connectivity index (χ4v) is 4.11.